The van der Waals surface area contributed by atoms with Crippen LogP contribution in [-0.4, -0.2) is 37.7 Å². The second-order valence-electron chi connectivity index (χ2n) is 6.37. The molecule has 1 aliphatic heterocycles. The van der Waals surface area contributed by atoms with Crippen LogP contribution in [0.2, 0.25) is 0 Å². The first-order valence-corrected chi connectivity index (χ1v) is 9.05. The highest BCUT2D eigenvalue weighted by molar-refractivity contribution is 7.15. The third-order valence-electron chi connectivity index (χ3n) is 4.78. The van der Waals surface area contributed by atoms with Gasteiger partial charge in [-0.25, -0.2) is 4.98 Å². The van der Waals surface area contributed by atoms with Crippen molar-refractivity contribution in [2.75, 3.05) is 32.1 Å². The minimum atomic E-state index is -0.414. The van der Waals surface area contributed by atoms with E-state index in [1.165, 1.54) is 29.8 Å². The van der Waals surface area contributed by atoms with Crippen LogP contribution in [0.5, 0.6) is 0 Å². The van der Waals surface area contributed by atoms with Crippen LogP contribution in [0.15, 0.2) is 0 Å². The van der Waals surface area contributed by atoms with E-state index < -0.39 is 5.41 Å². The number of hydrogen-bond donors (Lipinski definition) is 2. The third kappa shape index (κ3) is 3.34. The van der Waals surface area contributed by atoms with Crippen molar-refractivity contribution in [2.24, 2.45) is 5.41 Å². The number of hydrogen-bond acceptors (Lipinski definition) is 5. The molecule has 1 aromatic heterocycles. The summed E-state index contributed by atoms with van der Waals surface area (Å²) in [5, 5.41) is 7.16. The fourth-order valence-electron chi connectivity index (χ4n) is 3.43. The lowest BCUT2D eigenvalue weighted by atomic mass is 9.79. The van der Waals surface area contributed by atoms with E-state index >= 15 is 0 Å². The minimum Gasteiger partial charge on any atom is -0.384 e. The van der Waals surface area contributed by atoms with Crippen LogP contribution < -0.4 is 10.6 Å². The van der Waals surface area contributed by atoms with Crippen molar-refractivity contribution < 1.29 is 9.53 Å². The van der Waals surface area contributed by atoms with Gasteiger partial charge in [0.05, 0.1) is 17.7 Å². The van der Waals surface area contributed by atoms with Gasteiger partial charge in [0.1, 0.15) is 0 Å². The van der Waals surface area contributed by atoms with Crippen LogP contribution in [0.3, 0.4) is 0 Å². The van der Waals surface area contributed by atoms with E-state index in [0.717, 1.165) is 43.9 Å². The highest BCUT2D eigenvalue weighted by Crippen LogP contribution is 2.33. The van der Waals surface area contributed by atoms with Crippen molar-refractivity contribution in [1.29, 1.82) is 0 Å². The second-order valence-corrected chi connectivity index (χ2v) is 7.45. The highest BCUT2D eigenvalue weighted by Gasteiger charge is 2.40. The first-order valence-electron chi connectivity index (χ1n) is 8.23. The Morgan fingerprint density at radius 1 is 1.32 bits per heavy atom. The van der Waals surface area contributed by atoms with Gasteiger partial charge in [0.15, 0.2) is 5.13 Å². The van der Waals surface area contributed by atoms with Crippen LogP contribution in [-0.2, 0) is 22.4 Å². The van der Waals surface area contributed by atoms with Crippen LogP contribution in [0.1, 0.15) is 42.7 Å². The number of fused-ring (bicyclic) bond motifs is 1. The molecule has 0 aromatic carbocycles. The fraction of sp³-hybridized carbons (Fsp3) is 0.750. The smallest absolute Gasteiger partial charge is 0.234 e. The van der Waals surface area contributed by atoms with Gasteiger partial charge in [-0.1, -0.05) is 6.42 Å². The molecule has 0 saturated carbocycles. The van der Waals surface area contributed by atoms with Gasteiger partial charge in [-0.15, -0.1) is 11.3 Å². The summed E-state index contributed by atoms with van der Waals surface area (Å²) < 4.78 is 5.34. The molecule has 2 aliphatic rings. The molecule has 22 heavy (non-hydrogen) atoms. The zero-order valence-electron chi connectivity index (χ0n) is 13.2. The van der Waals surface area contributed by atoms with Gasteiger partial charge in [-0.3, -0.25) is 4.79 Å². The van der Waals surface area contributed by atoms with E-state index in [9.17, 15) is 4.79 Å². The number of rotatable bonds is 4. The van der Waals surface area contributed by atoms with E-state index in [4.69, 9.17) is 4.74 Å². The predicted octanol–water partition coefficient (Wildman–Crippen LogP) is 2.37. The number of piperidine rings is 1. The van der Waals surface area contributed by atoms with Gasteiger partial charge in [-0.05, 0) is 51.6 Å². The largest absolute Gasteiger partial charge is 0.384 e. The predicted molar refractivity (Wildman–Crippen MR) is 88.4 cm³/mol. The standard InChI is InChI=1S/C16H25N3O2S/c1-21-11-16(7-9-17-10-8-16)14(20)19-15-18-12-5-3-2-4-6-13(12)22-15/h17H,2-11H2,1H3,(H,18,19,20). The van der Waals surface area contributed by atoms with Crippen molar-refractivity contribution in [3.63, 3.8) is 0 Å². The summed E-state index contributed by atoms with van der Waals surface area (Å²) in [5.74, 6) is 0.0692. The Bertz CT molecular complexity index is 494. The number of ether oxygens (including phenoxy) is 1. The molecule has 122 valence electrons. The Hall–Kier alpha value is -0.980. The van der Waals surface area contributed by atoms with Crippen molar-refractivity contribution in [1.82, 2.24) is 10.3 Å². The van der Waals surface area contributed by atoms with Crippen molar-refractivity contribution in [2.45, 2.75) is 44.9 Å². The lowest BCUT2D eigenvalue weighted by Gasteiger charge is -2.35. The Labute approximate surface area is 135 Å². The molecule has 6 heteroatoms. The summed E-state index contributed by atoms with van der Waals surface area (Å²) in [6.07, 6.45) is 7.53. The maximum Gasteiger partial charge on any atom is 0.234 e. The summed E-state index contributed by atoms with van der Waals surface area (Å²) in [6.45, 7) is 2.21. The molecule has 2 heterocycles. The van der Waals surface area contributed by atoms with Gasteiger partial charge in [-0.2, -0.15) is 0 Å². The topological polar surface area (TPSA) is 63.2 Å². The minimum absolute atomic E-state index is 0.0692. The molecule has 2 N–H and O–H groups in total. The number of aromatic nitrogens is 1. The first kappa shape index (κ1) is 15.9. The van der Waals surface area contributed by atoms with E-state index in [1.807, 2.05) is 0 Å². The molecule has 1 saturated heterocycles. The highest BCUT2D eigenvalue weighted by atomic mass is 32.1. The van der Waals surface area contributed by atoms with E-state index in [2.05, 4.69) is 15.6 Å². The number of aryl methyl sites for hydroxylation is 2. The lowest BCUT2D eigenvalue weighted by Crippen LogP contribution is -2.47. The van der Waals surface area contributed by atoms with Crippen LogP contribution in [0, 0.1) is 5.41 Å². The number of carbonyl (C=O) groups excluding carboxylic acids is 1. The second kappa shape index (κ2) is 7.06. The molecule has 1 fully saturated rings. The monoisotopic (exact) mass is 323 g/mol. The summed E-state index contributed by atoms with van der Waals surface area (Å²) in [7, 11) is 1.67. The molecule has 0 spiro atoms. The number of methoxy groups -OCH3 is 1. The van der Waals surface area contributed by atoms with Crippen molar-refractivity contribution in [3.8, 4) is 0 Å². The molecule has 0 radical (unpaired) electrons. The number of anilines is 1. The number of amides is 1. The van der Waals surface area contributed by atoms with E-state index in [0.29, 0.717) is 6.61 Å². The Balaban J connectivity index is 1.72. The zero-order valence-corrected chi connectivity index (χ0v) is 14.1. The van der Waals surface area contributed by atoms with Gasteiger partial charge in [0, 0.05) is 12.0 Å². The molecule has 0 atom stereocenters. The summed E-state index contributed by atoms with van der Waals surface area (Å²) in [5.41, 5.74) is 0.784. The Kier molecular flexibility index (Phi) is 5.10. The fourth-order valence-corrected chi connectivity index (χ4v) is 4.48. The van der Waals surface area contributed by atoms with Gasteiger partial charge >= 0.3 is 0 Å². The van der Waals surface area contributed by atoms with Crippen LogP contribution in [0.25, 0.3) is 0 Å². The van der Waals surface area contributed by atoms with E-state index in [-0.39, 0.29) is 5.91 Å². The van der Waals surface area contributed by atoms with Crippen LogP contribution in [0.4, 0.5) is 5.13 Å². The quantitative estimate of drug-likeness (QED) is 0.835. The molecule has 0 bridgehead atoms. The molecule has 1 amide bonds. The zero-order chi connectivity index (χ0) is 15.4. The summed E-state index contributed by atoms with van der Waals surface area (Å²) in [6, 6.07) is 0. The van der Waals surface area contributed by atoms with Crippen molar-refractivity contribution >= 4 is 22.4 Å². The molecule has 1 aliphatic carbocycles. The molecule has 0 unspecified atom stereocenters. The number of nitrogens with one attached hydrogen (secondary N) is 2. The molecular formula is C16H25N3O2S. The SMILES string of the molecule is COCC1(C(=O)Nc2nc3c(s2)CCCCC3)CCNCC1. The van der Waals surface area contributed by atoms with Crippen LogP contribution >= 0.6 is 11.3 Å². The normalized spacial score (nSPS) is 21.0. The average Bonchev–Trinajstić information content (AvgIpc) is 2.77. The molecule has 5 nitrogen and oxygen atoms in total. The Morgan fingerprint density at radius 2 is 2.09 bits per heavy atom. The maximum atomic E-state index is 12.8. The molecular weight excluding hydrogens is 298 g/mol. The number of carbonyl (C=O) groups is 1. The summed E-state index contributed by atoms with van der Waals surface area (Å²) in [4.78, 5) is 18.8. The number of thiazole rings is 1. The summed E-state index contributed by atoms with van der Waals surface area (Å²) >= 11 is 1.66. The van der Waals surface area contributed by atoms with Crippen molar-refractivity contribution in [3.05, 3.63) is 10.6 Å². The average molecular weight is 323 g/mol. The van der Waals surface area contributed by atoms with Gasteiger partial charge in [0.25, 0.3) is 0 Å². The van der Waals surface area contributed by atoms with Gasteiger partial charge < -0.3 is 15.4 Å². The third-order valence-corrected chi connectivity index (χ3v) is 5.85. The molecule has 1 aromatic rings. The maximum absolute atomic E-state index is 12.8. The molecule has 3 rings (SSSR count). The number of nitrogens with zero attached hydrogens (tertiary/aromatic N) is 1. The lowest BCUT2D eigenvalue weighted by molar-refractivity contribution is -0.130. The van der Waals surface area contributed by atoms with Gasteiger partial charge in [0.2, 0.25) is 5.91 Å². The Morgan fingerprint density at radius 3 is 2.86 bits per heavy atom. The van der Waals surface area contributed by atoms with E-state index in [1.54, 1.807) is 18.4 Å². The first-order chi connectivity index (χ1) is 10.7.